The van der Waals surface area contributed by atoms with Crippen LogP contribution in [-0.4, -0.2) is 24.2 Å². The molecule has 2 N–H and O–H groups in total. The molecule has 3 rings (SSSR count). The maximum Gasteiger partial charge on any atom is 0.349 e. The van der Waals surface area contributed by atoms with Crippen molar-refractivity contribution >= 4 is 40.7 Å². The van der Waals surface area contributed by atoms with Gasteiger partial charge in [-0.3, -0.25) is 0 Å². The predicted molar refractivity (Wildman–Crippen MR) is 86.8 cm³/mol. The maximum atomic E-state index is 11.0. The number of nitrogens with zero attached hydrogens (tertiary/aromatic N) is 2. The summed E-state index contributed by atoms with van der Waals surface area (Å²) in [6.45, 7) is 4.95. The van der Waals surface area contributed by atoms with Gasteiger partial charge in [-0.25, -0.2) is 4.79 Å². The molecule has 1 saturated heterocycles. The normalized spacial score (nSPS) is 26.8. The first-order chi connectivity index (χ1) is 10.5. The van der Waals surface area contributed by atoms with E-state index in [2.05, 4.69) is 21.5 Å². The van der Waals surface area contributed by atoms with E-state index in [-0.39, 0.29) is 17.7 Å². The van der Waals surface area contributed by atoms with Crippen molar-refractivity contribution in [2.75, 3.05) is 17.3 Å². The first-order valence-electron chi connectivity index (χ1n) is 6.84. The molecule has 3 atom stereocenters. The minimum absolute atomic E-state index is 0.0751. The average Bonchev–Trinajstić information content (AvgIpc) is 3.13. The highest BCUT2D eigenvalue weighted by Gasteiger charge is 2.60. The van der Waals surface area contributed by atoms with E-state index in [1.165, 1.54) is 0 Å². The first-order valence-corrected chi connectivity index (χ1v) is 7.75. The van der Waals surface area contributed by atoms with Gasteiger partial charge in [0.05, 0.1) is 0 Å². The van der Waals surface area contributed by atoms with Crippen LogP contribution < -0.4 is 10.6 Å². The van der Waals surface area contributed by atoms with Crippen molar-refractivity contribution in [2.45, 2.75) is 0 Å². The summed E-state index contributed by atoms with van der Waals surface area (Å²) in [6, 6.07) is 7.65. The summed E-state index contributed by atoms with van der Waals surface area (Å²) < 4.78 is 0. The molecule has 22 heavy (non-hydrogen) atoms. The fourth-order valence-corrected chi connectivity index (χ4v) is 3.30. The Morgan fingerprint density at radius 2 is 2.32 bits per heavy atom. The topological polar surface area (TPSA) is 67.9 Å². The van der Waals surface area contributed by atoms with Gasteiger partial charge in [0.15, 0.2) is 0 Å². The standard InChI is InChI=1S/C15H15Cl2N3O2/c1-8-13-11(14(13)15(18)19-22-12(21)6-16)7-20(8)10-4-2-3-9(17)5-10/h2-5,11,13-14H,1,6-7H2,(H2,18,19)/t11-,13+,14+/m0/s1. The van der Waals surface area contributed by atoms with Gasteiger partial charge in [0, 0.05) is 34.8 Å². The van der Waals surface area contributed by atoms with Crippen molar-refractivity contribution in [1.82, 2.24) is 0 Å². The second-order valence-electron chi connectivity index (χ2n) is 5.41. The zero-order chi connectivity index (χ0) is 15.9. The van der Waals surface area contributed by atoms with Gasteiger partial charge in [-0.05, 0) is 24.1 Å². The number of hydrogen-bond donors (Lipinski definition) is 1. The number of rotatable bonds is 4. The minimum atomic E-state index is -0.616. The largest absolute Gasteiger partial charge is 0.384 e. The Morgan fingerprint density at radius 1 is 1.55 bits per heavy atom. The zero-order valence-electron chi connectivity index (χ0n) is 11.7. The zero-order valence-corrected chi connectivity index (χ0v) is 13.2. The van der Waals surface area contributed by atoms with E-state index in [1.54, 1.807) is 0 Å². The number of hydrogen-bond acceptors (Lipinski definition) is 4. The molecule has 116 valence electrons. The summed E-state index contributed by atoms with van der Waals surface area (Å²) >= 11 is 11.4. The number of halogens is 2. The van der Waals surface area contributed by atoms with Gasteiger partial charge in [0.25, 0.3) is 0 Å². The summed E-state index contributed by atoms with van der Waals surface area (Å²) in [5, 5.41) is 4.36. The lowest BCUT2D eigenvalue weighted by Gasteiger charge is -2.24. The van der Waals surface area contributed by atoms with E-state index in [9.17, 15) is 4.79 Å². The van der Waals surface area contributed by atoms with E-state index in [4.69, 9.17) is 28.9 Å². The van der Waals surface area contributed by atoms with Crippen LogP contribution in [0.15, 0.2) is 41.7 Å². The fourth-order valence-electron chi connectivity index (χ4n) is 3.07. The highest BCUT2D eigenvalue weighted by Crippen LogP contribution is 2.57. The number of fused-ring (bicyclic) bond motifs is 1. The van der Waals surface area contributed by atoms with Crippen molar-refractivity contribution in [3.05, 3.63) is 41.6 Å². The van der Waals surface area contributed by atoms with Crippen LogP contribution in [0.1, 0.15) is 0 Å². The Morgan fingerprint density at radius 3 is 2.91 bits per heavy atom. The Bertz CT molecular complexity index is 662. The van der Waals surface area contributed by atoms with Crippen molar-refractivity contribution in [3.8, 4) is 0 Å². The Hall–Kier alpha value is -1.72. The molecule has 2 aliphatic rings. The molecule has 0 bridgehead atoms. The molecule has 7 heteroatoms. The van der Waals surface area contributed by atoms with Crippen LogP contribution in [0.2, 0.25) is 5.02 Å². The van der Waals surface area contributed by atoms with Gasteiger partial charge in [-0.2, -0.15) is 0 Å². The second kappa shape index (κ2) is 5.82. The number of oxime groups is 1. The molecule has 1 aromatic rings. The lowest BCUT2D eigenvalue weighted by molar-refractivity contribution is -0.140. The van der Waals surface area contributed by atoms with Crippen molar-refractivity contribution in [2.24, 2.45) is 28.6 Å². The quantitative estimate of drug-likeness (QED) is 0.301. The van der Waals surface area contributed by atoms with E-state index in [1.807, 2.05) is 24.3 Å². The maximum absolute atomic E-state index is 11.0. The van der Waals surface area contributed by atoms with Crippen LogP contribution in [0.4, 0.5) is 5.69 Å². The SMILES string of the molecule is C=C1[C@@H]2[C@H](CN1c1cccc(Cl)c1)[C@H]2/C(N)=N/OC(=O)CCl. The summed E-state index contributed by atoms with van der Waals surface area (Å²) in [5.74, 6) is 0.104. The number of carbonyl (C=O) groups excluding carboxylic acids is 1. The Balaban J connectivity index is 1.66. The molecular weight excluding hydrogens is 325 g/mol. The molecule has 1 heterocycles. The van der Waals surface area contributed by atoms with E-state index < -0.39 is 5.97 Å². The van der Waals surface area contributed by atoms with Crippen molar-refractivity contribution in [1.29, 1.82) is 0 Å². The fraction of sp³-hybridized carbons (Fsp3) is 0.333. The van der Waals surface area contributed by atoms with Crippen LogP contribution in [0, 0.1) is 17.8 Å². The van der Waals surface area contributed by atoms with Crippen LogP contribution in [-0.2, 0) is 9.63 Å². The highest BCUT2D eigenvalue weighted by atomic mass is 35.5. The Kier molecular flexibility index (Phi) is 4.02. The molecule has 1 aliphatic carbocycles. The molecule has 0 aromatic heterocycles. The third kappa shape index (κ3) is 2.66. The van der Waals surface area contributed by atoms with E-state index in [0.717, 1.165) is 17.9 Å². The van der Waals surface area contributed by atoms with Gasteiger partial charge in [0.2, 0.25) is 0 Å². The summed E-state index contributed by atoms with van der Waals surface area (Å²) in [7, 11) is 0. The van der Waals surface area contributed by atoms with Gasteiger partial charge in [-0.15, -0.1) is 11.6 Å². The number of alkyl halides is 1. The highest BCUT2D eigenvalue weighted by molar-refractivity contribution is 6.30. The monoisotopic (exact) mass is 339 g/mol. The summed E-state index contributed by atoms with van der Waals surface area (Å²) in [4.78, 5) is 17.7. The van der Waals surface area contributed by atoms with Gasteiger partial charge < -0.3 is 15.5 Å². The average molecular weight is 340 g/mol. The molecule has 5 nitrogen and oxygen atoms in total. The van der Waals surface area contributed by atoms with Gasteiger partial charge in [0.1, 0.15) is 11.7 Å². The number of allylic oxidation sites excluding steroid dienone is 1. The summed E-state index contributed by atoms with van der Waals surface area (Å²) in [5.41, 5.74) is 7.90. The first kappa shape index (κ1) is 15.2. The van der Waals surface area contributed by atoms with E-state index in [0.29, 0.717) is 16.8 Å². The third-order valence-corrected chi connectivity index (χ3v) is 4.57. The van der Waals surface area contributed by atoms with Crippen molar-refractivity contribution < 1.29 is 9.63 Å². The molecule has 1 saturated carbocycles. The molecule has 2 fully saturated rings. The number of benzene rings is 1. The number of carbonyl (C=O) groups is 1. The molecule has 0 unspecified atom stereocenters. The molecule has 0 spiro atoms. The Labute approximate surface area is 138 Å². The van der Waals surface area contributed by atoms with E-state index >= 15 is 0 Å². The van der Waals surface area contributed by atoms with Crippen molar-refractivity contribution in [3.63, 3.8) is 0 Å². The van der Waals surface area contributed by atoms with Crippen LogP contribution in [0.5, 0.6) is 0 Å². The van der Waals surface area contributed by atoms with Crippen LogP contribution >= 0.6 is 23.2 Å². The van der Waals surface area contributed by atoms with Gasteiger partial charge >= 0.3 is 5.97 Å². The third-order valence-electron chi connectivity index (χ3n) is 4.12. The number of piperidine rings is 1. The van der Waals surface area contributed by atoms with Crippen LogP contribution in [0.3, 0.4) is 0 Å². The second-order valence-corrected chi connectivity index (χ2v) is 6.11. The lowest BCUT2D eigenvalue weighted by atomic mass is 10.2. The molecule has 1 aromatic carbocycles. The lowest BCUT2D eigenvalue weighted by Crippen LogP contribution is -2.27. The predicted octanol–water partition coefficient (Wildman–Crippen LogP) is 2.59. The van der Waals surface area contributed by atoms with Crippen LogP contribution in [0.25, 0.3) is 0 Å². The number of nitrogens with two attached hydrogens (primary N) is 1. The van der Waals surface area contributed by atoms with Gasteiger partial charge in [-0.1, -0.05) is 29.4 Å². The molecule has 1 aliphatic heterocycles. The smallest absolute Gasteiger partial charge is 0.349 e. The molecular formula is C15H15Cl2N3O2. The molecule has 0 amide bonds. The molecule has 0 radical (unpaired) electrons. The minimum Gasteiger partial charge on any atom is -0.384 e. The number of anilines is 1. The number of amidine groups is 1. The summed E-state index contributed by atoms with van der Waals surface area (Å²) in [6.07, 6.45) is 0.